The number of hydrogen-bond donors (Lipinski definition) is 5. The molecular formula is C32H35FN8O3. The monoisotopic (exact) mass is 598 g/mol. The maximum atomic E-state index is 14.5. The molecule has 11 nitrogen and oxygen atoms in total. The Morgan fingerprint density at radius 3 is 2.23 bits per heavy atom. The number of benzene rings is 3. The molecule has 44 heavy (non-hydrogen) atoms. The Kier molecular flexibility index (Phi) is 9.70. The minimum Gasteiger partial charge on any atom is -0.344 e. The molecule has 0 radical (unpaired) electrons. The average molecular weight is 599 g/mol. The highest BCUT2D eigenvalue weighted by Gasteiger charge is 2.29. The van der Waals surface area contributed by atoms with Crippen LogP contribution in [-0.2, 0) is 20.8 Å². The van der Waals surface area contributed by atoms with E-state index in [2.05, 4.69) is 36.6 Å². The van der Waals surface area contributed by atoms with Gasteiger partial charge in [0.1, 0.15) is 11.9 Å². The molecule has 1 unspecified atom stereocenters. The number of rotatable bonds is 10. The first-order valence-corrected chi connectivity index (χ1v) is 14.6. The van der Waals surface area contributed by atoms with Gasteiger partial charge in [-0.3, -0.25) is 14.4 Å². The lowest BCUT2D eigenvalue weighted by molar-refractivity contribution is -0.130. The van der Waals surface area contributed by atoms with Gasteiger partial charge in [-0.25, -0.2) is 4.39 Å². The number of anilines is 2. The normalized spacial score (nSPS) is 17.0. The Hall–Kier alpha value is -4.97. The molecule has 4 aromatic rings. The summed E-state index contributed by atoms with van der Waals surface area (Å²) in [5.74, 6) is -0.669. The molecule has 1 atom stereocenters. The van der Waals surface area contributed by atoms with Crippen molar-refractivity contribution in [1.29, 1.82) is 0 Å². The number of aromatic nitrogens is 4. The fraction of sp³-hybridized carbons (Fsp3) is 0.312. The van der Waals surface area contributed by atoms with Crippen LogP contribution in [0, 0.1) is 17.7 Å². The van der Waals surface area contributed by atoms with Crippen LogP contribution in [0.3, 0.4) is 0 Å². The molecule has 12 heteroatoms. The van der Waals surface area contributed by atoms with Crippen molar-refractivity contribution in [1.82, 2.24) is 25.9 Å². The van der Waals surface area contributed by atoms with Crippen molar-refractivity contribution in [3.05, 3.63) is 78.1 Å². The zero-order chi connectivity index (χ0) is 31.1. The number of hydrogen-bond acceptors (Lipinski definition) is 7. The number of H-pyrrole nitrogens is 1. The smallest absolute Gasteiger partial charge is 0.247 e. The number of halogens is 1. The van der Waals surface area contributed by atoms with Gasteiger partial charge in [-0.05, 0) is 96.4 Å². The van der Waals surface area contributed by atoms with Crippen molar-refractivity contribution >= 4 is 29.1 Å². The van der Waals surface area contributed by atoms with Crippen molar-refractivity contribution in [2.24, 2.45) is 17.6 Å². The first-order valence-electron chi connectivity index (χ1n) is 14.6. The van der Waals surface area contributed by atoms with Gasteiger partial charge in [-0.1, -0.05) is 30.3 Å². The van der Waals surface area contributed by atoms with Gasteiger partial charge < -0.3 is 21.7 Å². The zero-order valence-corrected chi connectivity index (χ0v) is 24.3. The van der Waals surface area contributed by atoms with E-state index in [1.165, 1.54) is 19.1 Å². The van der Waals surface area contributed by atoms with Crippen LogP contribution < -0.4 is 21.7 Å². The van der Waals surface area contributed by atoms with Crippen LogP contribution in [0.4, 0.5) is 15.8 Å². The second kappa shape index (κ2) is 14.0. The van der Waals surface area contributed by atoms with E-state index in [-0.39, 0.29) is 35.7 Å². The topological polar surface area (TPSA) is 168 Å². The lowest BCUT2D eigenvalue weighted by Gasteiger charge is -2.28. The molecule has 0 aliphatic heterocycles. The molecule has 3 amide bonds. The summed E-state index contributed by atoms with van der Waals surface area (Å²) in [7, 11) is 0. The molecule has 228 valence electrons. The molecule has 0 spiro atoms. The minimum atomic E-state index is -0.827. The number of carbonyl (C=O) groups is 3. The fourth-order valence-electron chi connectivity index (χ4n) is 5.43. The maximum absolute atomic E-state index is 14.5. The summed E-state index contributed by atoms with van der Waals surface area (Å²) >= 11 is 0. The fourth-order valence-corrected chi connectivity index (χ4v) is 5.43. The van der Waals surface area contributed by atoms with Crippen molar-refractivity contribution in [3.8, 4) is 22.5 Å². The van der Waals surface area contributed by atoms with Gasteiger partial charge in [0.15, 0.2) is 0 Å². The number of nitrogens with two attached hydrogens (primary N) is 1. The summed E-state index contributed by atoms with van der Waals surface area (Å²) < 4.78 is 14.5. The predicted molar refractivity (Wildman–Crippen MR) is 165 cm³/mol. The summed E-state index contributed by atoms with van der Waals surface area (Å²) in [5, 5.41) is 22.3. The van der Waals surface area contributed by atoms with Gasteiger partial charge in [0.25, 0.3) is 0 Å². The van der Waals surface area contributed by atoms with E-state index in [9.17, 15) is 18.8 Å². The van der Waals surface area contributed by atoms with Crippen LogP contribution in [0.5, 0.6) is 0 Å². The Bertz CT molecular complexity index is 1580. The van der Waals surface area contributed by atoms with E-state index in [1.54, 1.807) is 30.3 Å². The van der Waals surface area contributed by atoms with Crippen molar-refractivity contribution in [3.63, 3.8) is 0 Å². The van der Waals surface area contributed by atoms with Crippen LogP contribution in [0.15, 0.2) is 66.7 Å². The number of carbonyl (C=O) groups excluding carboxylic acids is 3. The summed E-state index contributed by atoms with van der Waals surface area (Å²) in [6.45, 7) is 1.94. The highest BCUT2D eigenvalue weighted by Crippen LogP contribution is 2.29. The third-order valence-corrected chi connectivity index (χ3v) is 7.95. The predicted octanol–water partition coefficient (Wildman–Crippen LogP) is 4.06. The molecule has 1 aromatic heterocycles. The third-order valence-electron chi connectivity index (χ3n) is 7.95. The van der Waals surface area contributed by atoms with Crippen LogP contribution in [-0.4, -0.2) is 50.9 Å². The van der Waals surface area contributed by atoms with E-state index in [0.717, 1.165) is 42.4 Å². The van der Waals surface area contributed by atoms with Crippen molar-refractivity contribution in [2.45, 2.75) is 45.1 Å². The van der Waals surface area contributed by atoms with Crippen molar-refractivity contribution in [2.75, 3.05) is 17.2 Å². The van der Waals surface area contributed by atoms with Gasteiger partial charge in [0.05, 0.1) is 5.69 Å². The molecule has 0 bridgehead atoms. The molecule has 1 aliphatic carbocycles. The first-order chi connectivity index (χ1) is 21.3. The zero-order valence-electron chi connectivity index (χ0n) is 24.3. The quantitative estimate of drug-likeness (QED) is 0.183. The van der Waals surface area contributed by atoms with E-state index in [4.69, 9.17) is 5.73 Å². The summed E-state index contributed by atoms with van der Waals surface area (Å²) in [5.41, 5.74) is 9.47. The molecule has 5 rings (SSSR count). The van der Waals surface area contributed by atoms with Crippen LogP contribution in [0.2, 0.25) is 0 Å². The first kappa shape index (κ1) is 30.5. The number of aromatic amines is 1. The molecule has 1 saturated carbocycles. The van der Waals surface area contributed by atoms with Gasteiger partial charge in [-0.2, -0.15) is 5.21 Å². The summed E-state index contributed by atoms with van der Waals surface area (Å²) in [4.78, 5) is 38.1. The molecule has 6 N–H and O–H groups in total. The Balaban J connectivity index is 1.30. The highest BCUT2D eigenvalue weighted by atomic mass is 19.1. The lowest BCUT2D eigenvalue weighted by atomic mass is 9.81. The third kappa shape index (κ3) is 7.70. The van der Waals surface area contributed by atoms with Crippen LogP contribution in [0.1, 0.15) is 38.2 Å². The SMILES string of the molecule is CC(=O)Nc1ccc(-c2ccc(CC(NC(=O)C3CCC(CN)CC3)C(=O)Nc3ccc(-c4nn[nH]n4)cc3)cc2)cc1F. The van der Waals surface area contributed by atoms with Gasteiger partial charge in [0, 0.05) is 30.5 Å². The Morgan fingerprint density at radius 2 is 1.61 bits per heavy atom. The molecule has 1 fully saturated rings. The second-order valence-electron chi connectivity index (χ2n) is 11.1. The van der Waals surface area contributed by atoms with E-state index < -0.39 is 11.9 Å². The molecular weight excluding hydrogens is 563 g/mol. The minimum absolute atomic E-state index is 0.114. The second-order valence-corrected chi connectivity index (χ2v) is 11.1. The largest absolute Gasteiger partial charge is 0.344 e. The van der Waals surface area contributed by atoms with Gasteiger partial charge in [0.2, 0.25) is 23.5 Å². The van der Waals surface area contributed by atoms with Crippen molar-refractivity contribution < 1.29 is 18.8 Å². The van der Waals surface area contributed by atoms with E-state index in [1.807, 2.05) is 24.3 Å². The van der Waals surface area contributed by atoms with E-state index in [0.29, 0.717) is 29.5 Å². The van der Waals surface area contributed by atoms with Crippen LogP contribution in [0.25, 0.3) is 22.5 Å². The van der Waals surface area contributed by atoms with Crippen LogP contribution >= 0.6 is 0 Å². The summed E-state index contributed by atoms with van der Waals surface area (Å²) in [6, 6.07) is 18.2. The number of amides is 3. The average Bonchev–Trinajstić information content (AvgIpc) is 3.57. The van der Waals surface area contributed by atoms with Gasteiger partial charge >= 0.3 is 0 Å². The number of tetrazole rings is 1. The number of nitrogens with zero attached hydrogens (tertiary/aromatic N) is 3. The van der Waals surface area contributed by atoms with Gasteiger partial charge in [-0.15, -0.1) is 10.2 Å². The molecule has 1 aliphatic rings. The molecule has 3 aromatic carbocycles. The number of nitrogens with one attached hydrogen (secondary N) is 4. The molecule has 0 saturated heterocycles. The highest BCUT2D eigenvalue weighted by molar-refractivity contribution is 5.97. The lowest BCUT2D eigenvalue weighted by Crippen LogP contribution is -2.48. The van der Waals surface area contributed by atoms with E-state index >= 15 is 0 Å². The summed E-state index contributed by atoms with van der Waals surface area (Å²) in [6.07, 6.45) is 3.53. The molecule has 1 heterocycles. The maximum Gasteiger partial charge on any atom is 0.247 e. The Labute approximate surface area is 254 Å². The Morgan fingerprint density at radius 1 is 0.932 bits per heavy atom. The standard InChI is InChI=1S/C32H35FN8O3/c1-19(42)35-28-15-12-25(17-27(28)33)22-6-2-20(3-7-22)16-29(37-31(43)24-8-4-21(18-34)5-9-24)32(44)36-26-13-10-23(11-14-26)30-38-40-41-39-30/h2-3,6-7,10-15,17,21,24,29H,4-5,8-9,16,18,34H2,1H3,(H,35,42)(H,36,44)(H,37,43)(H,38,39,40,41).